The third-order valence-corrected chi connectivity index (χ3v) is 5.01. The Morgan fingerprint density at radius 1 is 1.11 bits per heavy atom. The van der Waals surface area contributed by atoms with Gasteiger partial charge in [0.1, 0.15) is 0 Å². The molecule has 100 valence electrons. The molecule has 1 aliphatic carbocycles. The van der Waals surface area contributed by atoms with Gasteiger partial charge in [-0.1, -0.05) is 30.7 Å². The molecule has 1 aliphatic heterocycles. The van der Waals surface area contributed by atoms with Gasteiger partial charge in [-0.05, 0) is 55.9 Å². The molecule has 0 saturated carbocycles. The summed E-state index contributed by atoms with van der Waals surface area (Å²) in [5.74, 6) is 0.551. The number of anilines is 1. The standard InChI is InChI=1S/C18H23N/c1-11-12(2)14(4)17(13(11)3)16-9-5-7-15-8-6-10-19-18(15)16/h5,7,9,13,19H,6,8,10H2,1-4H3. The van der Waals surface area contributed by atoms with E-state index in [4.69, 9.17) is 0 Å². The maximum atomic E-state index is 3.63. The average molecular weight is 253 g/mol. The number of fused-ring (bicyclic) bond motifs is 1. The van der Waals surface area contributed by atoms with Crippen LogP contribution < -0.4 is 5.32 Å². The van der Waals surface area contributed by atoms with Crippen LogP contribution in [0.5, 0.6) is 0 Å². The number of aryl methyl sites for hydroxylation is 1. The van der Waals surface area contributed by atoms with Crippen molar-refractivity contribution in [2.24, 2.45) is 5.92 Å². The van der Waals surface area contributed by atoms with E-state index in [1.165, 1.54) is 51.9 Å². The van der Waals surface area contributed by atoms with Gasteiger partial charge in [0, 0.05) is 23.7 Å². The van der Waals surface area contributed by atoms with Crippen LogP contribution in [0, 0.1) is 5.92 Å². The minimum absolute atomic E-state index is 0.551. The lowest BCUT2D eigenvalue weighted by Crippen LogP contribution is -2.14. The average Bonchev–Trinajstić information content (AvgIpc) is 2.63. The highest BCUT2D eigenvalue weighted by Crippen LogP contribution is 2.45. The van der Waals surface area contributed by atoms with E-state index in [1.807, 2.05) is 0 Å². The van der Waals surface area contributed by atoms with Crippen molar-refractivity contribution < 1.29 is 0 Å². The molecule has 1 heteroatoms. The Morgan fingerprint density at radius 3 is 2.58 bits per heavy atom. The van der Waals surface area contributed by atoms with E-state index >= 15 is 0 Å². The predicted molar refractivity (Wildman–Crippen MR) is 83.4 cm³/mol. The molecule has 1 nitrogen and oxygen atoms in total. The first-order chi connectivity index (χ1) is 9.11. The van der Waals surface area contributed by atoms with Crippen LogP contribution >= 0.6 is 0 Å². The van der Waals surface area contributed by atoms with E-state index in [0.29, 0.717) is 5.92 Å². The number of rotatable bonds is 1. The largest absolute Gasteiger partial charge is 0.384 e. The monoisotopic (exact) mass is 253 g/mol. The van der Waals surface area contributed by atoms with Crippen molar-refractivity contribution in [1.29, 1.82) is 0 Å². The first-order valence-electron chi connectivity index (χ1n) is 7.36. The third kappa shape index (κ3) is 1.83. The van der Waals surface area contributed by atoms with Crippen molar-refractivity contribution in [1.82, 2.24) is 0 Å². The molecule has 0 bridgehead atoms. The molecular formula is C18H23N. The van der Waals surface area contributed by atoms with Crippen LogP contribution in [0.25, 0.3) is 5.57 Å². The molecule has 0 saturated heterocycles. The minimum Gasteiger partial charge on any atom is -0.384 e. The van der Waals surface area contributed by atoms with Gasteiger partial charge in [0.15, 0.2) is 0 Å². The van der Waals surface area contributed by atoms with Gasteiger partial charge in [-0.3, -0.25) is 0 Å². The first kappa shape index (κ1) is 12.5. The third-order valence-electron chi connectivity index (χ3n) is 5.01. The summed E-state index contributed by atoms with van der Waals surface area (Å²) in [5, 5.41) is 3.63. The number of para-hydroxylation sites is 1. The zero-order valence-electron chi connectivity index (χ0n) is 12.4. The fourth-order valence-electron chi connectivity index (χ4n) is 3.53. The van der Waals surface area contributed by atoms with Gasteiger partial charge in [-0.25, -0.2) is 0 Å². The SMILES string of the molecule is CC1=C(C)C(C)C(c2cccc3c2NCCC3)=C1C. The summed E-state index contributed by atoms with van der Waals surface area (Å²) >= 11 is 0. The fourth-order valence-corrected chi connectivity index (χ4v) is 3.53. The quantitative estimate of drug-likeness (QED) is 0.757. The van der Waals surface area contributed by atoms with Gasteiger partial charge in [0.05, 0.1) is 0 Å². The second-order valence-electron chi connectivity index (χ2n) is 5.94. The zero-order valence-corrected chi connectivity index (χ0v) is 12.4. The lowest BCUT2D eigenvalue weighted by molar-refractivity contribution is 0.826. The Morgan fingerprint density at radius 2 is 1.89 bits per heavy atom. The number of allylic oxidation sites excluding steroid dienone is 4. The van der Waals surface area contributed by atoms with Crippen LogP contribution in [0.3, 0.4) is 0 Å². The van der Waals surface area contributed by atoms with Crippen LogP contribution in [0.15, 0.2) is 34.9 Å². The summed E-state index contributed by atoms with van der Waals surface area (Å²) in [4.78, 5) is 0. The maximum absolute atomic E-state index is 3.63. The van der Waals surface area contributed by atoms with Crippen molar-refractivity contribution in [3.8, 4) is 0 Å². The molecule has 0 aromatic heterocycles. The van der Waals surface area contributed by atoms with E-state index in [0.717, 1.165) is 6.54 Å². The molecule has 1 N–H and O–H groups in total. The fraction of sp³-hybridized carbons (Fsp3) is 0.444. The van der Waals surface area contributed by atoms with Crippen molar-refractivity contribution in [2.75, 3.05) is 11.9 Å². The molecule has 1 aromatic carbocycles. The molecule has 1 aromatic rings. The van der Waals surface area contributed by atoms with Crippen LogP contribution in [-0.2, 0) is 6.42 Å². The van der Waals surface area contributed by atoms with Crippen LogP contribution in [0.1, 0.15) is 45.2 Å². The van der Waals surface area contributed by atoms with E-state index in [1.54, 1.807) is 0 Å². The van der Waals surface area contributed by atoms with Crippen molar-refractivity contribution >= 4 is 11.3 Å². The van der Waals surface area contributed by atoms with Crippen molar-refractivity contribution in [3.05, 3.63) is 46.0 Å². The van der Waals surface area contributed by atoms with Crippen molar-refractivity contribution in [3.63, 3.8) is 0 Å². The Hall–Kier alpha value is -1.50. The Labute approximate surface area is 116 Å². The molecule has 3 rings (SSSR count). The molecule has 0 spiro atoms. The highest BCUT2D eigenvalue weighted by Gasteiger charge is 2.27. The second kappa shape index (κ2) is 4.56. The van der Waals surface area contributed by atoms with Crippen LogP contribution in [0.2, 0.25) is 0 Å². The molecule has 2 aliphatic rings. The lowest BCUT2D eigenvalue weighted by Gasteiger charge is -2.24. The topological polar surface area (TPSA) is 12.0 Å². The molecule has 0 fully saturated rings. The van der Waals surface area contributed by atoms with Gasteiger partial charge in [-0.15, -0.1) is 0 Å². The Balaban J connectivity index is 2.15. The van der Waals surface area contributed by atoms with E-state index in [9.17, 15) is 0 Å². The van der Waals surface area contributed by atoms with Crippen molar-refractivity contribution in [2.45, 2.75) is 40.5 Å². The molecule has 0 radical (unpaired) electrons. The van der Waals surface area contributed by atoms with E-state index in [-0.39, 0.29) is 0 Å². The summed E-state index contributed by atoms with van der Waals surface area (Å²) in [6, 6.07) is 6.78. The number of nitrogens with one attached hydrogen (secondary N) is 1. The van der Waals surface area contributed by atoms with Gasteiger partial charge in [0.25, 0.3) is 0 Å². The highest BCUT2D eigenvalue weighted by molar-refractivity contribution is 5.86. The first-order valence-corrected chi connectivity index (χ1v) is 7.36. The van der Waals surface area contributed by atoms with Crippen LogP contribution in [-0.4, -0.2) is 6.54 Å². The van der Waals surface area contributed by atoms with E-state index < -0.39 is 0 Å². The number of hydrogen-bond donors (Lipinski definition) is 1. The summed E-state index contributed by atoms with van der Waals surface area (Å²) in [5.41, 5.74) is 10.3. The van der Waals surface area contributed by atoms with Gasteiger partial charge in [0.2, 0.25) is 0 Å². The molecule has 1 heterocycles. The normalized spacial score (nSPS) is 22.6. The highest BCUT2D eigenvalue weighted by atomic mass is 14.9. The predicted octanol–water partition coefficient (Wildman–Crippen LogP) is 4.80. The number of hydrogen-bond acceptors (Lipinski definition) is 1. The van der Waals surface area contributed by atoms with Gasteiger partial charge < -0.3 is 5.32 Å². The van der Waals surface area contributed by atoms with Gasteiger partial charge in [-0.2, -0.15) is 0 Å². The summed E-state index contributed by atoms with van der Waals surface area (Å²) in [6.45, 7) is 10.3. The molecular weight excluding hydrogens is 230 g/mol. The zero-order chi connectivity index (χ0) is 13.6. The summed E-state index contributed by atoms with van der Waals surface area (Å²) in [7, 11) is 0. The smallest absolute Gasteiger partial charge is 0.0449 e. The lowest BCUT2D eigenvalue weighted by atomic mass is 9.88. The number of benzene rings is 1. The van der Waals surface area contributed by atoms with Crippen LogP contribution in [0.4, 0.5) is 5.69 Å². The van der Waals surface area contributed by atoms with Gasteiger partial charge >= 0.3 is 0 Å². The summed E-state index contributed by atoms with van der Waals surface area (Å²) < 4.78 is 0. The van der Waals surface area contributed by atoms with E-state index in [2.05, 4.69) is 51.2 Å². The Kier molecular flexibility index (Phi) is 3.00. The molecule has 1 atom stereocenters. The molecule has 0 amide bonds. The molecule has 1 unspecified atom stereocenters. The Bertz CT molecular complexity index is 590. The minimum atomic E-state index is 0.551. The summed E-state index contributed by atoms with van der Waals surface area (Å²) in [6.07, 6.45) is 2.46. The molecule has 19 heavy (non-hydrogen) atoms. The second-order valence-corrected chi connectivity index (χ2v) is 5.94. The maximum Gasteiger partial charge on any atom is 0.0449 e.